The lowest BCUT2D eigenvalue weighted by Crippen LogP contribution is -1.84. The number of hydrogen-bond donors (Lipinski definition) is 0. The fourth-order valence-corrected chi connectivity index (χ4v) is 0.823. The van der Waals surface area contributed by atoms with Crippen LogP contribution in [0.4, 0.5) is 0 Å². The molecule has 0 aromatic heterocycles. The van der Waals surface area contributed by atoms with Crippen molar-refractivity contribution < 1.29 is 4.79 Å². The maximum absolute atomic E-state index is 9.94. The van der Waals surface area contributed by atoms with Crippen LogP contribution in [-0.4, -0.2) is 6.29 Å². The summed E-state index contributed by atoms with van der Waals surface area (Å²) >= 11 is 0. The second kappa shape index (κ2) is 3.16. The third-order valence-corrected chi connectivity index (χ3v) is 1.27. The Balaban J connectivity index is 2.84. The van der Waals surface area contributed by atoms with E-state index in [1.807, 2.05) is 30.6 Å². The molecule has 0 saturated carbocycles. The van der Waals surface area contributed by atoms with Crippen molar-refractivity contribution in [2.24, 2.45) is 0 Å². The maximum atomic E-state index is 9.94. The fraction of sp³-hybridized carbons (Fsp3) is 0.111. The van der Waals surface area contributed by atoms with Gasteiger partial charge in [0.05, 0.1) is 0 Å². The average molecular weight is 132 g/mol. The maximum Gasteiger partial charge on any atom is 0.203 e. The summed E-state index contributed by atoms with van der Waals surface area (Å²) in [6.45, 7) is 3.73. The summed E-state index contributed by atoms with van der Waals surface area (Å²) in [5.41, 5.74) is 1.91. The molecule has 0 aliphatic carbocycles. The molecule has 1 aromatic carbocycles. The van der Waals surface area contributed by atoms with Crippen molar-refractivity contribution in [3.8, 4) is 0 Å². The normalized spacial score (nSPS) is 9.30. The van der Waals surface area contributed by atoms with Crippen LogP contribution in [0.1, 0.15) is 11.1 Å². The first kappa shape index (κ1) is 7.00. The van der Waals surface area contributed by atoms with Crippen molar-refractivity contribution in [2.45, 2.75) is 6.42 Å². The summed E-state index contributed by atoms with van der Waals surface area (Å²) in [7, 11) is 0. The minimum Gasteiger partial charge on any atom is -0.291 e. The number of hydrogen-bond acceptors (Lipinski definition) is 1. The highest BCUT2D eigenvalue weighted by Crippen LogP contribution is 2.02. The second-order valence-electron chi connectivity index (χ2n) is 2.14. The van der Waals surface area contributed by atoms with Gasteiger partial charge in [0, 0.05) is 6.42 Å². The zero-order valence-corrected chi connectivity index (χ0v) is 5.63. The first-order valence-electron chi connectivity index (χ1n) is 3.09. The Kier molecular flexibility index (Phi) is 2.21. The number of benzene rings is 1. The predicted molar refractivity (Wildman–Crippen MR) is 40.3 cm³/mol. The first-order chi connectivity index (χ1) is 4.83. The van der Waals surface area contributed by atoms with E-state index in [9.17, 15) is 4.79 Å². The molecular weight excluding hydrogens is 124 g/mol. The van der Waals surface area contributed by atoms with Crippen molar-refractivity contribution in [3.63, 3.8) is 0 Å². The molecular formula is C9H8O. The van der Waals surface area contributed by atoms with Gasteiger partial charge in [-0.3, -0.25) is 4.79 Å². The average Bonchev–Trinajstić information content (AvgIpc) is 1.88. The minimum atomic E-state index is 0.364. The van der Waals surface area contributed by atoms with Crippen molar-refractivity contribution in [2.75, 3.05) is 0 Å². The highest BCUT2D eigenvalue weighted by molar-refractivity contribution is 5.55. The van der Waals surface area contributed by atoms with E-state index < -0.39 is 0 Å². The Morgan fingerprint density at radius 3 is 2.90 bits per heavy atom. The van der Waals surface area contributed by atoms with E-state index in [2.05, 4.69) is 6.92 Å². The molecule has 50 valence electrons. The van der Waals surface area contributed by atoms with Gasteiger partial charge >= 0.3 is 0 Å². The van der Waals surface area contributed by atoms with E-state index in [-0.39, 0.29) is 0 Å². The van der Waals surface area contributed by atoms with Crippen molar-refractivity contribution >= 4 is 6.29 Å². The van der Waals surface area contributed by atoms with Gasteiger partial charge in [0.15, 0.2) is 0 Å². The molecule has 1 aromatic rings. The van der Waals surface area contributed by atoms with Crippen LogP contribution in [0.3, 0.4) is 0 Å². The van der Waals surface area contributed by atoms with Crippen LogP contribution in [0, 0.1) is 6.92 Å². The van der Waals surface area contributed by atoms with Gasteiger partial charge in [0.25, 0.3) is 0 Å². The lowest BCUT2D eigenvalue weighted by Gasteiger charge is -1.94. The van der Waals surface area contributed by atoms with E-state index >= 15 is 0 Å². The molecule has 0 bridgehead atoms. The van der Waals surface area contributed by atoms with Crippen molar-refractivity contribution in [1.29, 1.82) is 0 Å². The quantitative estimate of drug-likeness (QED) is 0.596. The summed E-state index contributed by atoms with van der Waals surface area (Å²) in [5.74, 6) is 0. The summed E-state index contributed by atoms with van der Waals surface area (Å²) in [5, 5.41) is 0. The van der Waals surface area contributed by atoms with Gasteiger partial charge in [-0.15, -0.1) is 0 Å². The Bertz CT molecular complexity index is 228. The first-order valence-corrected chi connectivity index (χ1v) is 3.09. The summed E-state index contributed by atoms with van der Waals surface area (Å²) in [6.07, 6.45) is 2.20. The van der Waals surface area contributed by atoms with Gasteiger partial charge in [0.1, 0.15) is 0 Å². The summed E-state index contributed by atoms with van der Waals surface area (Å²) < 4.78 is 0. The molecule has 0 fully saturated rings. The van der Waals surface area contributed by atoms with Gasteiger partial charge in [0.2, 0.25) is 6.29 Å². The van der Waals surface area contributed by atoms with Gasteiger partial charge in [-0.2, -0.15) is 0 Å². The summed E-state index contributed by atoms with van der Waals surface area (Å²) in [4.78, 5) is 9.94. The molecule has 0 aliphatic heterocycles. The molecule has 0 unspecified atom stereocenters. The highest BCUT2D eigenvalue weighted by Gasteiger charge is 1.90. The van der Waals surface area contributed by atoms with Crippen LogP contribution in [0.25, 0.3) is 0 Å². The molecule has 0 aliphatic rings. The monoisotopic (exact) mass is 132 g/mol. The van der Waals surface area contributed by atoms with Crippen molar-refractivity contribution in [1.82, 2.24) is 0 Å². The molecule has 1 nitrogen and oxygen atoms in total. The molecule has 0 N–H and O–H groups in total. The number of rotatable bonds is 2. The Hall–Kier alpha value is -1.11. The Labute approximate surface area is 60.7 Å². The van der Waals surface area contributed by atoms with Crippen LogP contribution in [0.2, 0.25) is 0 Å². The lowest BCUT2D eigenvalue weighted by molar-refractivity contribution is 0.555. The van der Waals surface area contributed by atoms with Crippen LogP contribution in [-0.2, 0) is 11.2 Å². The molecule has 0 heterocycles. The molecule has 2 radical (unpaired) electrons. The molecule has 0 amide bonds. The van der Waals surface area contributed by atoms with Gasteiger partial charge in [-0.1, -0.05) is 24.3 Å². The van der Waals surface area contributed by atoms with Gasteiger partial charge < -0.3 is 0 Å². The molecule has 1 heteroatoms. The van der Waals surface area contributed by atoms with Crippen LogP contribution < -0.4 is 0 Å². The molecule has 0 saturated heterocycles. The molecule has 10 heavy (non-hydrogen) atoms. The molecule has 1 rings (SSSR count). The zero-order chi connectivity index (χ0) is 7.40. The topological polar surface area (TPSA) is 17.1 Å². The number of carbonyl (C=O) groups excluding carboxylic acids is 1. The van der Waals surface area contributed by atoms with Crippen LogP contribution in [0.15, 0.2) is 24.3 Å². The van der Waals surface area contributed by atoms with Crippen LogP contribution in [0.5, 0.6) is 0 Å². The van der Waals surface area contributed by atoms with E-state index in [4.69, 9.17) is 0 Å². The third-order valence-electron chi connectivity index (χ3n) is 1.27. The molecule has 0 spiro atoms. The van der Waals surface area contributed by atoms with Crippen molar-refractivity contribution in [3.05, 3.63) is 42.3 Å². The van der Waals surface area contributed by atoms with E-state index in [0.717, 1.165) is 11.1 Å². The molecule has 0 atom stereocenters. The zero-order valence-electron chi connectivity index (χ0n) is 5.63. The predicted octanol–water partition coefficient (Wildman–Crippen LogP) is 1.52. The SMILES string of the molecule is [CH2]c1cccc(C[C]=O)c1. The standard InChI is InChI=1S/C9H8O/c1-8-3-2-4-9(7-8)5-6-10/h2-4,7H,1,5H2. The van der Waals surface area contributed by atoms with Crippen LogP contribution >= 0.6 is 0 Å². The fourth-order valence-electron chi connectivity index (χ4n) is 0.823. The third kappa shape index (κ3) is 1.69. The van der Waals surface area contributed by atoms with Gasteiger partial charge in [-0.25, -0.2) is 0 Å². The lowest BCUT2D eigenvalue weighted by atomic mass is 10.1. The Morgan fingerprint density at radius 1 is 1.50 bits per heavy atom. The highest BCUT2D eigenvalue weighted by atomic mass is 16.1. The van der Waals surface area contributed by atoms with Gasteiger partial charge in [-0.05, 0) is 18.1 Å². The van der Waals surface area contributed by atoms with E-state index in [0.29, 0.717) is 6.42 Å². The van der Waals surface area contributed by atoms with E-state index in [1.165, 1.54) is 0 Å². The largest absolute Gasteiger partial charge is 0.291 e. The smallest absolute Gasteiger partial charge is 0.203 e. The second-order valence-corrected chi connectivity index (χ2v) is 2.14. The van der Waals surface area contributed by atoms with E-state index in [1.54, 1.807) is 0 Å². The Morgan fingerprint density at radius 2 is 2.30 bits per heavy atom. The summed E-state index contributed by atoms with van der Waals surface area (Å²) in [6, 6.07) is 7.55. The minimum absolute atomic E-state index is 0.364.